The van der Waals surface area contributed by atoms with Gasteiger partial charge in [0.15, 0.2) is 0 Å². The topological polar surface area (TPSA) is 139 Å². The molecule has 1 aliphatic heterocycles. The summed E-state index contributed by atoms with van der Waals surface area (Å²) in [5, 5.41) is 42.4. The highest BCUT2D eigenvalue weighted by Gasteiger charge is 2.39. The van der Waals surface area contributed by atoms with Gasteiger partial charge in [-0.05, 0) is 6.42 Å². The van der Waals surface area contributed by atoms with E-state index in [-0.39, 0.29) is 19.6 Å². The van der Waals surface area contributed by atoms with E-state index in [1.165, 1.54) is 0 Å². The van der Waals surface area contributed by atoms with Crippen LogP contribution in [0.2, 0.25) is 0 Å². The van der Waals surface area contributed by atoms with Crippen LogP contribution >= 0.6 is 0 Å². The molecule has 0 amide bonds. The molecule has 1 heterocycles. The highest BCUT2D eigenvalue weighted by molar-refractivity contribution is 7.98. The maximum absolute atomic E-state index is 11.1. The summed E-state index contributed by atoms with van der Waals surface area (Å²) >= 11 is 0. The summed E-state index contributed by atoms with van der Waals surface area (Å²) in [5.41, 5.74) is 0. The van der Waals surface area contributed by atoms with E-state index in [4.69, 9.17) is 15.3 Å². The molecule has 0 saturated carbocycles. The van der Waals surface area contributed by atoms with Crippen LogP contribution < -0.4 is 0 Å². The largest absolute Gasteiger partial charge is 0.495 e. The predicted octanol–water partition coefficient (Wildman–Crippen LogP) is -0.416. The molecule has 1 rings (SSSR count). The fourth-order valence-electron chi connectivity index (χ4n) is 1.10. The fraction of sp³-hybridized carbons (Fsp3) is 0.429. The smallest absolute Gasteiger partial charge is 0.282 e. The molecule has 1 aliphatic rings. The van der Waals surface area contributed by atoms with Crippen molar-refractivity contribution >= 4 is 9.84 Å². The molecule has 0 unspecified atom stereocenters. The van der Waals surface area contributed by atoms with Crippen molar-refractivity contribution in [1.29, 1.82) is 0 Å². The number of nitrogens with zero attached hydrogens (tertiary/aromatic N) is 1. The van der Waals surface area contributed by atoms with Gasteiger partial charge in [-0.15, -0.1) is 0 Å². The molecule has 0 aromatic heterocycles. The molecule has 92 valence electrons. The van der Waals surface area contributed by atoms with Crippen LogP contribution in [-0.2, 0) is 9.84 Å². The van der Waals surface area contributed by atoms with E-state index in [1.807, 2.05) is 0 Å². The van der Waals surface area contributed by atoms with Crippen molar-refractivity contribution in [3.63, 3.8) is 0 Å². The van der Waals surface area contributed by atoms with Crippen LogP contribution in [-0.4, -0.2) is 52.0 Å². The molecule has 9 heteroatoms. The lowest BCUT2D eigenvalue weighted by Crippen LogP contribution is -2.33. The highest BCUT2D eigenvalue weighted by Crippen LogP contribution is 2.28. The zero-order valence-electron chi connectivity index (χ0n) is 8.03. The Morgan fingerprint density at radius 2 is 1.44 bits per heavy atom. The normalized spacial score (nSPS) is 20.4. The van der Waals surface area contributed by atoms with E-state index < -0.39 is 31.8 Å². The maximum atomic E-state index is 11.1. The van der Waals surface area contributed by atoms with E-state index in [0.29, 0.717) is 4.90 Å². The molecule has 0 fully saturated rings. The van der Waals surface area contributed by atoms with Gasteiger partial charge in [-0.3, -0.25) is 4.90 Å². The van der Waals surface area contributed by atoms with Crippen LogP contribution in [0.15, 0.2) is 21.9 Å². The Morgan fingerprint density at radius 1 is 1.00 bits per heavy atom. The second-order valence-corrected chi connectivity index (χ2v) is 4.77. The Hall–Kier alpha value is -1.61. The van der Waals surface area contributed by atoms with Crippen LogP contribution in [0.4, 0.5) is 0 Å². The average molecular weight is 253 g/mol. The zero-order valence-corrected chi connectivity index (χ0v) is 8.85. The quantitative estimate of drug-likeness (QED) is 0.457. The van der Waals surface area contributed by atoms with Gasteiger partial charge in [0.25, 0.3) is 31.8 Å². The van der Waals surface area contributed by atoms with E-state index in [1.54, 1.807) is 0 Å². The van der Waals surface area contributed by atoms with Crippen LogP contribution in [0.1, 0.15) is 6.42 Å². The summed E-state index contributed by atoms with van der Waals surface area (Å²) in [6, 6.07) is 0. The van der Waals surface area contributed by atoms with E-state index in [0.717, 1.165) is 0 Å². The van der Waals surface area contributed by atoms with Crippen molar-refractivity contribution in [2.24, 2.45) is 0 Å². The van der Waals surface area contributed by atoms with Gasteiger partial charge in [-0.1, -0.05) is 0 Å². The van der Waals surface area contributed by atoms with E-state index in [9.17, 15) is 18.6 Å². The molecule has 8 nitrogen and oxygen atoms in total. The van der Waals surface area contributed by atoms with Gasteiger partial charge >= 0.3 is 0 Å². The number of rotatable bonds is 3. The van der Waals surface area contributed by atoms with Gasteiger partial charge in [0, 0.05) is 13.2 Å². The first-order valence-electron chi connectivity index (χ1n) is 4.22. The summed E-state index contributed by atoms with van der Waals surface area (Å²) in [6.07, 6.45) is 0.0920. The van der Waals surface area contributed by atoms with Crippen molar-refractivity contribution < 1.29 is 34.0 Å². The molecule has 5 N–H and O–H groups in total. The summed E-state index contributed by atoms with van der Waals surface area (Å²) in [5.74, 6) is -2.19. The number of hydrogen-bond acceptors (Lipinski definition) is 8. The van der Waals surface area contributed by atoms with Crippen molar-refractivity contribution in [2.75, 3.05) is 13.2 Å². The summed E-state index contributed by atoms with van der Waals surface area (Å²) < 4.78 is 22.3. The lowest BCUT2D eigenvalue weighted by molar-refractivity contribution is 0.125. The van der Waals surface area contributed by atoms with Gasteiger partial charge in [0.2, 0.25) is 0 Å². The Labute approximate surface area is 90.9 Å². The lowest BCUT2D eigenvalue weighted by atomic mass is 10.4. The number of sulfone groups is 1. The summed E-state index contributed by atoms with van der Waals surface area (Å²) in [6.45, 7) is -0.441. The third-order valence-electron chi connectivity index (χ3n) is 1.94. The van der Waals surface area contributed by atoms with E-state index >= 15 is 0 Å². The Balaban J connectivity index is 3.19. The van der Waals surface area contributed by atoms with Gasteiger partial charge in [0.1, 0.15) is 0 Å². The van der Waals surface area contributed by atoms with Gasteiger partial charge in [0.05, 0.1) is 0 Å². The van der Waals surface area contributed by atoms with Gasteiger partial charge in [-0.2, -0.15) is 0 Å². The van der Waals surface area contributed by atoms with Crippen LogP contribution in [0.3, 0.4) is 0 Å². The molecule has 0 aliphatic carbocycles. The lowest BCUT2D eigenvalue weighted by Gasteiger charge is -2.26. The average Bonchev–Trinajstić information content (AvgIpc) is 2.25. The first kappa shape index (κ1) is 12.5. The Bertz CT molecular complexity index is 417. The van der Waals surface area contributed by atoms with Crippen molar-refractivity contribution in [1.82, 2.24) is 4.90 Å². The Kier molecular flexibility index (Phi) is 3.19. The van der Waals surface area contributed by atoms with Crippen molar-refractivity contribution in [2.45, 2.75) is 6.42 Å². The summed E-state index contributed by atoms with van der Waals surface area (Å²) in [4.78, 5) is 0.571. The fourth-order valence-corrected chi connectivity index (χ4v) is 1.99. The maximum Gasteiger partial charge on any atom is 0.282 e. The molecular formula is C7H11NO7S. The van der Waals surface area contributed by atoms with Gasteiger partial charge in [-0.25, -0.2) is 8.42 Å². The number of aliphatic hydroxyl groups excluding tert-OH is 5. The van der Waals surface area contributed by atoms with Gasteiger partial charge < -0.3 is 25.5 Å². The number of aliphatic hydroxyl groups is 5. The molecule has 0 bridgehead atoms. The first-order valence-corrected chi connectivity index (χ1v) is 5.70. The Morgan fingerprint density at radius 3 is 1.81 bits per heavy atom. The zero-order chi connectivity index (χ0) is 12.5. The minimum absolute atomic E-state index is 0.0920. The molecule has 0 aromatic carbocycles. The second kappa shape index (κ2) is 4.10. The van der Waals surface area contributed by atoms with Crippen LogP contribution in [0.25, 0.3) is 0 Å². The number of hydrogen-bond donors (Lipinski definition) is 5. The molecule has 0 radical (unpaired) electrons. The van der Waals surface area contributed by atoms with Crippen molar-refractivity contribution in [3.05, 3.63) is 21.9 Å². The molecule has 0 saturated heterocycles. The van der Waals surface area contributed by atoms with Crippen molar-refractivity contribution in [3.8, 4) is 0 Å². The minimum Gasteiger partial charge on any atom is -0.495 e. The first-order chi connectivity index (χ1) is 7.34. The highest BCUT2D eigenvalue weighted by atomic mass is 32.2. The molecule has 0 aromatic rings. The minimum atomic E-state index is -4.63. The second-order valence-electron chi connectivity index (χ2n) is 2.99. The molecule has 0 spiro atoms. The SMILES string of the molecule is O=S1(=O)C(O)=C(O)N(CCCO)C(O)=C1O. The van der Waals surface area contributed by atoms with E-state index in [2.05, 4.69) is 0 Å². The standard InChI is InChI=1S/C7H11NO7S/c9-3-1-2-8-4(10)6(12)16(14,15)7(13)5(8)11/h9-13H,1-3H2. The third kappa shape index (κ3) is 1.74. The van der Waals surface area contributed by atoms with Crippen LogP contribution in [0, 0.1) is 0 Å². The summed E-state index contributed by atoms with van der Waals surface area (Å²) in [7, 11) is -4.63. The molecule has 0 atom stereocenters. The molecule has 16 heavy (non-hydrogen) atoms. The predicted molar refractivity (Wildman–Crippen MR) is 51.9 cm³/mol. The van der Waals surface area contributed by atoms with Crippen LogP contribution in [0.5, 0.6) is 0 Å². The monoisotopic (exact) mass is 253 g/mol. The molecular weight excluding hydrogens is 242 g/mol. The third-order valence-corrected chi connectivity index (χ3v) is 3.33.